The number of carbonyl (C=O) groups is 2. The van der Waals surface area contributed by atoms with E-state index in [-0.39, 0.29) is 17.9 Å². The third-order valence-electron chi connectivity index (χ3n) is 3.39. The average molecular weight is 271 g/mol. The molecule has 1 N–H and O–H groups in total. The van der Waals surface area contributed by atoms with Gasteiger partial charge in [-0.15, -0.1) is 0 Å². The van der Waals surface area contributed by atoms with Gasteiger partial charge in [-0.05, 0) is 24.1 Å². The number of carbonyl (C=O) groups excluding carboxylic acids is 2. The Balaban J connectivity index is 1.89. The lowest BCUT2D eigenvalue weighted by Gasteiger charge is -2.16. The van der Waals surface area contributed by atoms with Gasteiger partial charge in [0.25, 0.3) is 0 Å². The highest BCUT2D eigenvalue weighted by Gasteiger charge is 2.26. The van der Waals surface area contributed by atoms with Crippen molar-refractivity contribution in [2.24, 2.45) is 0 Å². The van der Waals surface area contributed by atoms with Crippen molar-refractivity contribution in [1.29, 1.82) is 5.26 Å². The third-order valence-corrected chi connectivity index (χ3v) is 3.39. The van der Waals surface area contributed by atoms with Gasteiger partial charge in [-0.3, -0.25) is 9.59 Å². The summed E-state index contributed by atoms with van der Waals surface area (Å²) in [6.07, 6.45) is 1.14. The van der Waals surface area contributed by atoms with Crippen LogP contribution in [0, 0.1) is 11.3 Å². The quantitative estimate of drug-likeness (QED) is 0.885. The molecule has 1 aliphatic rings. The smallest absolute Gasteiger partial charge is 0.227 e. The Kier molecular flexibility index (Phi) is 4.36. The molecule has 1 saturated heterocycles. The zero-order valence-corrected chi connectivity index (χ0v) is 11.4. The van der Waals surface area contributed by atoms with Crippen molar-refractivity contribution >= 4 is 11.8 Å². The highest BCUT2D eigenvalue weighted by Crippen LogP contribution is 2.12. The Morgan fingerprint density at radius 1 is 1.40 bits per heavy atom. The summed E-state index contributed by atoms with van der Waals surface area (Å²) in [5, 5.41) is 11.6. The van der Waals surface area contributed by atoms with Gasteiger partial charge in [0.05, 0.1) is 18.1 Å². The van der Waals surface area contributed by atoms with E-state index in [4.69, 9.17) is 5.26 Å². The molecular formula is C15H17N3O2. The summed E-state index contributed by atoms with van der Waals surface area (Å²) in [5.41, 5.74) is 1.49. The predicted octanol–water partition coefficient (Wildman–Crippen LogP) is 0.838. The largest absolute Gasteiger partial charge is 0.352 e. The lowest BCUT2D eigenvalue weighted by Crippen LogP contribution is -2.37. The van der Waals surface area contributed by atoms with Crippen molar-refractivity contribution in [1.82, 2.24) is 10.2 Å². The Bertz CT molecular complexity index is 545. The van der Waals surface area contributed by atoms with Crippen LogP contribution < -0.4 is 5.32 Å². The van der Waals surface area contributed by atoms with Crippen molar-refractivity contribution in [2.75, 3.05) is 13.1 Å². The summed E-state index contributed by atoms with van der Waals surface area (Å²) >= 11 is 0. The topological polar surface area (TPSA) is 73.2 Å². The first-order valence-corrected chi connectivity index (χ1v) is 6.62. The van der Waals surface area contributed by atoms with E-state index in [0.717, 1.165) is 12.0 Å². The van der Waals surface area contributed by atoms with Crippen LogP contribution in [-0.2, 0) is 16.0 Å². The molecule has 104 valence electrons. The Hall–Kier alpha value is -2.35. The van der Waals surface area contributed by atoms with E-state index in [9.17, 15) is 9.59 Å². The first kappa shape index (κ1) is 14.1. The molecule has 0 bridgehead atoms. The van der Waals surface area contributed by atoms with Gasteiger partial charge in [-0.2, -0.15) is 5.26 Å². The van der Waals surface area contributed by atoms with Gasteiger partial charge < -0.3 is 10.2 Å². The maximum absolute atomic E-state index is 12.1. The second kappa shape index (κ2) is 6.20. The van der Waals surface area contributed by atoms with Crippen molar-refractivity contribution in [3.63, 3.8) is 0 Å². The first-order chi connectivity index (χ1) is 9.58. The van der Waals surface area contributed by atoms with Crippen LogP contribution in [0.2, 0.25) is 0 Å². The first-order valence-electron chi connectivity index (χ1n) is 6.62. The van der Waals surface area contributed by atoms with Crippen LogP contribution in [0.25, 0.3) is 0 Å². The zero-order valence-electron chi connectivity index (χ0n) is 11.4. The second-order valence-corrected chi connectivity index (χ2v) is 5.01. The van der Waals surface area contributed by atoms with Gasteiger partial charge >= 0.3 is 0 Å². The highest BCUT2D eigenvalue weighted by atomic mass is 16.2. The summed E-state index contributed by atoms with van der Waals surface area (Å²) in [7, 11) is 0. The van der Waals surface area contributed by atoms with Crippen LogP contribution in [0.4, 0.5) is 0 Å². The summed E-state index contributed by atoms with van der Waals surface area (Å²) in [6, 6.07) is 9.15. The molecule has 1 heterocycles. The predicted molar refractivity (Wildman–Crippen MR) is 73.7 cm³/mol. The molecule has 0 aliphatic carbocycles. The van der Waals surface area contributed by atoms with Gasteiger partial charge in [-0.25, -0.2) is 0 Å². The Labute approximate surface area is 118 Å². The Morgan fingerprint density at radius 3 is 2.70 bits per heavy atom. The number of nitrogens with zero attached hydrogens (tertiary/aromatic N) is 2. The summed E-state index contributed by atoms with van der Waals surface area (Å²) < 4.78 is 0. The number of nitrogens with one attached hydrogen (secondary N) is 1. The standard InChI is InChI=1S/C15H17N3O2/c1-11(19)17-14-6-7-18(10-14)15(20)8-12-2-4-13(9-16)5-3-12/h2-5,14H,6-8,10H2,1H3,(H,17,19). The molecule has 0 aromatic heterocycles. The van der Waals surface area contributed by atoms with E-state index < -0.39 is 0 Å². The van der Waals surface area contributed by atoms with E-state index in [0.29, 0.717) is 25.1 Å². The monoisotopic (exact) mass is 271 g/mol. The van der Waals surface area contributed by atoms with Crippen molar-refractivity contribution in [3.05, 3.63) is 35.4 Å². The van der Waals surface area contributed by atoms with Crippen molar-refractivity contribution in [3.8, 4) is 6.07 Å². The van der Waals surface area contributed by atoms with E-state index >= 15 is 0 Å². The van der Waals surface area contributed by atoms with Crippen LogP contribution >= 0.6 is 0 Å². The molecule has 0 saturated carbocycles. The second-order valence-electron chi connectivity index (χ2n) is 5.01. The summed E-state index contributed by atoms with van der Waals surface area (Å²) in [5.74, 6) is -0.000971. The molecule has 1 aromatic rings. The number of rotatable bonds is 3. The van der Waals surface area contributed by atoms with Gasteiger partial charge in [0.2, 0.25) is 11.8 Å². The van der Waals surface area contributed by atoms with E-state index in [1.165, 1.54) is 6.92 Å². The van der Waals surface area contributed by atoms with Crippen LogP contribution in [0.3, 0.4) is 0 Å². The summed E-state index contributed by atoms with van der Waals surface area (Å²) in [6.45, 7) is 2.75. The van der Waals surface area contributed by atoms with Gasteiger partial charge in [0, 0.05) is 26.1 Å². The molecule has 5 nitrogen and oxygen atoms in total. The number of hydrogen-bond donors (Lipinski definition) is 1. The fourth-order valence-electron chi connectivity index (χ4n) is 2.38. The van der Waals surface area contributed by atoms with E-state index in [1.807, 2.05) is 0 Å². The fraction of sp³-hybridized carbons (Fsp3) is 0.400. The molecule has 5 heteroatoms. The number of nitriles is 1. The van der Waals surface area contributed by atoms with E-state index in [1.54, 1.807) is 29.2 Å². The minimum Gasteiger partial charge on any atom is -0.352 e. The van der Waals surface area contributed by atoms with Crippen LogP contribution in [0.1, 0.15) is 24.5 Å². The minimum atomic E-state index is -0.0589. The molecule has 2 amide bonds. The van der Waals surface area contributed by atoms with Crippen LogP contribution in [0.5, 0.6) is 0 Å². The molecule has 1 unspecified atom stereocenters. The number of benzene rings is 1. The summed E-state index contributed by atoms with van der Waals surface area (Å²) in [4.78, 5) is 24.9. The minimum absolute atomic E-state index is 0.0579. The number of amides is 2. The van der Waals surface area contributed by atoms with Gasteiger partial charge in [-0.1, -0.05) is 12.1 Å². The Morgan fingerprint density at radius 2 is 2.10 bits per heavy atom. The number of likely N-dealkylation sites (tertiary alicyclic amines) is 1. The molecule has 20 heavy (non-hydrogen) atoms. The van der Waals surface area contributed by atoms with Gasteiger partial charge in [0.15, 0.2) is 0 Å². The zero-order chi connectivity index (χ0) is 14.5. The fourth-order valence-corrected chi connectivity index (χ4v) is 2.38. The lowest BCUT2D eigenvalue weighted by atomic mass is 10.1. The highest BCUT2D eigenvalue weighted by molar-refractivity contribution is 5.79. The van der Waals surface area contributed by atoms with E-state index in [2.05, 4.69) is 11.4 Å². The molecule has 2 rings (SSSR count). The maximum Gasteiger partial charge on any atom is 0.227 e. The lowest BCUT2D eigenvalue weighted by molar-refractivity contribution is -0.129. The normalized spacial score (nSPS) is 17.6. The average Bonchev–Trinajstić information content (AvgIpc) is 2.87. The molecule has 1 aromatic carbocycles. The SMILES string of the molecule is CC(=O)NC1CCN(C(=O)Cc2ccc(C#N)cc2)C1. The molecule has 0 spiro atoms. The number of hydrogen-bond acceptors (Lipinski definition) is 3. The molecule has 0 radical (unpaired) electrons. The van der Waals surface area contributed by atoms with Crippen LogP contribution in [-0.4, -0.2) is 35.8 Å². The molecule has 1 aliphatic heterocycles. The van der Waals surface area contributed by atoms with Crippen molar-refractivity contribution < 1.29 is 9.59 Å². The molecular weight excluding hydrogens is 254 g/mol. The maximum atomic E-state index is 12.1. The molecule has 1 fully saturated rings. The van der Waals surface area contributed by atoms with Gasteiger partial charge in [0.1, 0.15) is 0 Å². The third kappa shape index (κ3) is 3.58. The van der Waals surface area contributed by atoms with Crippen molar-refractivity contribution in [2.45, 2.75) is 25.8 Å². The van der Waals surface area contributed by atoms with Crippen LogP contribution in [0.15, 0.2) is 24.3 Å². The molecule has 1 atom stereocenters.